The molecule has 0 radical (unpaired) electrons. The van der Waals surface area contributed by atoms with Crippen molar-refractivity contribution in [1.82, 2.24) is 8.77 Å². The van der Waals surface area contributed by atoms with E-state index in [4.69, 9.17) is 14.2 Å². The molecule has 0 bridgehead atoms. The highest BCUT2D eigenvalue weighted by Crippen LogP contribution is 2.29. The van der Waals surface area contributed by atoms with E-state index < -0.39 is 21.1 Å². The van der Waals surface area contributed by atoms with Gasteiger partial charge in [0, 0.05) is 7.05 Å². The maximum atomic E-state index is 13.1. The Kier molecular flexibility index (Phi) is 4.90. The van der Waals surface area contributed by atoms with Gasteiger partial charge in [0.1, 0.15) is 5.75 Å². The zero-order valence-corrected chi connectivity index (χ0v) is 16.4. The summed E-state index contributed by atoms with van der Waals surface area (Å²) in [6.07, 6.45) is 0. The van der Waals surface area contributed by atoms with Crippen LogP contribution in [0.3, 0.4) is 0 Å². The van der Waals surface area contributed by atoms with Gasteiger partial charge in [-0.15, -0.1) is 4.09 Å². The van der Waals surface area contributed by atoms with Crippen LogP contribution in [0.1, 0.15) is 0 Å². The Balaban J connectivity index is 2.38. The van der Waals surface area contributed by atoms with Crippen molar-refractivity contribution in [3.63, 3.8) is 0 Å². The number of aromatic nitrogens is 2. The molecule has 148 valence electrons. The minimum atomic E-state index is -4.34. The lowest BCUT2D eigenvalue weighted by molar-refractivity contribution is 0.355. The fourth-order valence-corrected chi connectivity index (χ4v) is 4.24. The van der Waals surface area contributed by atoms with Crippen molar-refractivity contribution in [3.05, 3.63) is 57.1 Å². The molecule has 0 aliphatic heterocycles. The quantitative estimate of drug-likeness (QED) is 0.621. The maximum Gasteiger partial charge on any atom is 0.288 e. The number of rotatable bonds is 5. The average molecular weight is 406 g/mol. The predicted octanol–water partition coefficient (Wildman–Crippen LogP) is 0.963. The van der Waals surface area contributed by atoms with Crippen LogP contribution in [0.25, 0.3) is 10.8 Å². The molecular weight excluding hydrogens is 388 g/mol. The summed E-state index contributed by atoms with van der Waals surface area (Å²) in [4.78, 5) is 25.6. The van der Waals surface area contributed by atoms with E-state index in [1.165, 1.54) is 64.8 Å². The minimum Gasteiger partial charge on any atom is -0.497 e. The van der Waals surface area contributed by atoms with Gasteiger partial charge in [0.15, 0.2) is 11.5 Å². The molecule has 0 saturated heterocycles. The summed E-state index contributed by atoms with van der Waals surface area (Å²) in [6, 6.07) is 8.13. The van der Waals surface area contributed by atoms with Crippen molar-refractivity contribution in [2.24, 2.45) is 7.05 Å². The van der Waals surface area contributed by atoms with Crippen molar-refractivity contribution in [3.8, 4) is 17.2 Å². The third-order valence-electron chi connectivity index (χ3n) is 4.31. The second kappa shape index (κ2) is 7.04. The van der Waals surface area contributed by atoms with Gasteiger partial charge in [-0.1, -0.05) is 0 Å². The van der Waals surface area contributed by atoms with E-state index in [0.717, 1.165) is 4.68 Å². The van der Waals surface area contributed by atoms with Crippen LogP contribution >= 0.6 is 0 Å². The monoisotopic (exact) mass is 406 g/mol. The molecule has 0 atom stereocenters. The summed E-state index contributed by atoms with van der Waals surface area (Å²) >= 11 is 0. The molecule has 0 aliphatic carbocycles. The lowest BCUT2D eigenvalue weighted by Crippen LogP contribution is -2.41. The molecule has 0 saturated carbocycles. The van der Waals surface area contributed by atoms with E-state index in [2.05, 4.69) is 0 Å². The lowest BCUT2D eigenvalue weighted by atomic mass is 10.1. The molecule has 3 rings (SSSR count). The summed E-state index contributed by atoms with van der Waals surface area (Å²) in [5.41, 5.74) is -1.55. The van der Waals surface area contributed by atoms with Gasteiger partial charge in [-0.05, 0) is 36.4 Å². The molecular formula is C18H18N2O7S. The molecule has 28 heavy (non-hydrogen) atoms. The highest BCUT2D eigenvalue weighted by atomic mass is 32.2. The van der Waals surface area contributed by atoms with Crippen molar-refractivity contribution in [2.75, 3.05) is 21.3 Å². The van der Waals surface area contributed by atoms with E-state index >= 15 is 0 Å². The number of fused-ring (bicyclic) bond motifs is 1. The molecule has 0 amide bonds. The fraction of sp³-hybridized carbons (Fsp3) is 0.222. The smallest absolute Gasteiger partial charge is 0.288 e. The van der Waals surface area contributed by atoms with Crippen LogP contribution in [0.4, 0.5) is 0 Å². The fourth-order valence-electron chi connectivity index (χ4n) is 2.85. The van der Waals surface area contributed by atoms with Crippen LogP contribution in [-0.4, -0.2) is 38.5 Å². The van der Waals surface area contributed by atoms with Crippen molar-refractivity contribution in [2.45, 2.75) is 4.90 Å². The molecule has 1 aromatic heterocycles. The summed E-state index contributed by atoms with van der Waals surface area (Å²) in [7, 11) is 1.09. The van der Waals surface area contributed by atoms with Crippen molar-refractivity contribution >= 4 is 20.8 Å². The predicted molar refractivity (Wildman–Crippen MR) is 102 cm³/mol. The topological polar surface area (TPSA) is 106 Å². The maximum absolute atomic E-state index is 13.1. The zero-order chi connectivity index (χ0) is 20.6. The standard InChI is InChI=1S/C18H18N2O7S/c1-19-17(21)13-9-15(26-3)16(27-4)10-14(13)18(22)20(19)28(23,24)12-7-5-11(25-2)6-8-12/h5-10H,1-4H3. The largest absolute Gasteiger partial charge is 0.497 e. The Labute approximate surface area is 160 Å². The first-order chi connectivity index (χ1) is 13.3. The number of nitrogens with zero attached hydrogens (tertiary/aromatic N) is 2. The van der Waals surface area contributed by atoms with Crippen LogP contribution in [0, 0.1) is 0 Å². The summed E-state index contributed by atoms with van der Waals surface area (Å²) in [5.74, 6) is 0.909. The first-order valence-electron chi connectivity index (χ1n) is 8.04. The van der Waals surface area contributed by atoms with Gasteiger partial charge in [0.25, 0.3) is 21.1 Å². The SMILES string of the molecule is COc1ccc(S(=O)(=O)n2c(=O)c3cc(OC)c(OC)cc3c(=O)n2C)cc1. The lowest BCUT2D eigenvalue weighted by Gasteiger charge is -2.15. The molecule has 0 spiro atoms. The Morgan fingerprint density at radius 3 is 1.75 bits per heavy atom. The number of methoxy groups -OCH3 is 3. The van der Waals surface area contributed by atoms with Crippen LogP contribution in [0.2, 0.25) is 0 Å². The van der Waals surface area contributed by atoms with Crippen LogP contribution in [0.15, 0.2) is 50.9 Å². The van der Waals surface area contributed by atoms with Gasteiger partial charge in [0.2, 0.25) is 0 Å². The first kappa shape index (κ1) is 19.5. The Hall–Kier alpha value is -3.27. The summed E-state index contributed by atoms with van der Waals surface area (Å²) in [6.45, 7) is 0. The Bertz CT molecular complexity index is 1270. The Morgan fingerprint density at radius 1 is 0.786 bits per heavy atom. The average Bonchev–Trinajstić information content (AvgIpc) is 2.71. The van der Waals surface area contributed by atoms with E-state index in [0.29, 0.717) is 9.84 Å². The number of ether oxygens (including phenoxy) is 3. The van der Waals surface area contributed by atoms with E-state index in [9.17, 15) is 18.0 Å². The van der Waals surface area contributed by atoms with E-state index in [-0.39, 0.29) is 27.2 Å². The van der Waals surface area contributed by atoms with Gasteiger partial charge in [0.05, 0.1) is 37.0 Å². The molecule has 2 aromatic carbocycles. The number of benzene rings is 2. The van der Waals surface area contributed by atoms with Gasteiger partial charge in [-0.25, -0.2) is 4.68 Å². The summed E-state index contributed by atoms with van der Waals surface area (Å²) in [5, 5.41) is -0.0795. The van der Waals surface area contributed by atoms with E-state index in [1.807, 2.05) is 0 Å². The molecule has 0 N–H and O–H groups in total. The summed E-state index contributed by atoms with van der Waals surface area (Å²) < 4.78 is 42.6. The van der Waals surface area contributed by atoms with E-state index in [1.54, 1.807) is 0 Å². The molecule has 1 heterocycles. The van der Waals surface area contributed by atoms with Gasteiger partial charge < -0.3 is 14.2 Å². The highest BCUT2D eigenvalue weighted by Gasteiger charge is 2.25. The number of hydrogen-bond donors (Lipinski definition) is 0. The molecule has 0 unspecified atom stereocenters. The molecule has 9 nitrogen and oxygen atoms in total. The first-order valence-corrected chi connectivity index (χ1v) is 9.48. The normalized spacial score (nSPS) is 11.4. The molecule has 0 fully saturated rings. The molecule has 3 aromatic rings. The third-order valence-corrected chi connectivity index (χ3v) is 6.04. The third kappa shape index (κ3) is 2.91. The zero-order valence-electron chi connectivity index (χ0n) is 15.6. The van der Waals surface area contributed by atoms with Crippen LogP contribution < -0.4 is 25.3 Å². The minimum absolute atomic E-state index is 0.0198. The van der Waals surface area contributed by atoms with Crippen molar-refractivity contribution < 1.29 is 22.6 Å². The van der Waals surface area contributed by atoms with Gasteiger partial charge in [-0.2, -0.15) is 8.42 Å². The highest BCUT2D eigenvalue weighted by molar-refractivity contribution is 7.89. The van der Waals surface area contributed by atoms with Crippen LogP contribution in [0.5, 0.6) is 17.2 Å². The second-order valence-electron chi connectivity index (χ2n) is 5.81. The molecule has 0 aliphatic rings. The van der Waals surface area contributed by atoms with Gasteiger partial charge >= 0.3 is 0 Å². The van der Waals surface area contributed by atoms with Crippen LogP contribution in [-0.2, 0) is 17.1 Å². The molecule has 10 heteroatoms. The second-order valence-corrected chi connectivity index (χ2v) is 7.58. The van der Waals surface area contributed by atoms with Crippen molar-refractivity contribution in [1.29, 1.82) is 0 Å². The van der Waals surface area contributed by atoms with Gasteiger partial charge in [-0.3, -0.25) is 9.59 Å². The Morgan fingerprint density at radius 2 is 1.29 bits per heavy atom. The number of hydrogen-bond acceptors (Lipinski definition) is 7.